The second-order valence-corrected chi connectivity index (χ2v) is 7.99. The highest BCUT2D eigenvalue weighted by Gasteiger charge is 2.19. The molecular formula is C20H22BrN5O. The number of para-hydroxylation sites is 1. The maximum atomic E-state index is 12.5. The molecule has 3 aromatic rings. The first-order chi connectivity index (χ1) is 13.0. The van der Waals surface area contributed by atoms with Gasteiger partial charge in [0.25, 0.3) is 5.56 Å². The summed E-state index contributed by atoms with van der Waals surface area (Å²) in [5.41, 5.74) is 3.06. The predicted molar refractivity (Wildman–Crippen MR) is 110 cm³/mol. The highest BCUT2D eigenvalue weighted by Crippen LogP contribution is 2.25. The molecule has 27 heavy (non-hydrogen) atoms. The number of hydrogen-bond donors (Lipinski definition) is 1. The van der Waals surface area contributed by atoms with Crippen molar-refractivity contribution in [1.29, 1.82) is 0 Å². The summed E-state index contributed by atoms with van der Waals surface area (Å²) < 4.78 is 2.38. The van der Waals surface area contributed by atoms with Gasteiger partial charge in [-0.25, -0.2) is 14.6 Å². The summed E-state index contributed by atoms with van der Waals surface area (Å²) in [7, 11) is 0. The van der Waals surface area contributed by atoms with E-state index in [1.54, 1.807) is 6.07 Å². The van der Waals surface area contributed by atoms with Gasteiger partial charge in [0.2, 0.25) is 5.95 Å². The maximum absolute atomic E-state index is 12.5. The number of hydrogen-bond acceptors (Lipinski definition) is 4. The number of rotatable bonds is 3. The number of nitrogens with zero attached hydrogens (tertiary/aromatic N) is 4. The minimum Gasteiger partial charge on any atom is -0.341 e. The first-order valence-electron chi connectivity index (χ1n) is 9.19. The standard InChI is InChI=1S/C20H22BrN5O/c1-13-7-9-25(10-8-13)20-22-12-15(14(2)23-20)17-11-19(27)26(24-17)18-6-4-3-5-16(18)21/h3-6,11-13,24H,7-10H2,1-2H3. The predicted octanol–water partition coefficient (Wildman–Crippen LogP) is 3.93. The van der Waals surface area contributed by atoms with E-state index in [2.05, 4.69) is 37.8 Å². The lowest BCUT2D eigenvalue weighted by Crippen LogP contribution is -2.34. The molecule has 7 heteroatoms. The third-order valence-electron chi connectivity index (χ3n) is 5.14. The van der Waals surface area contributed by atoms with E-state index in [-0.39, 0.29) is 5.56 Å². The van der Waals surface area contributed by atoms with E-state index in [1.165, 1.54) is 17.5 Å². The molecule has 1 saturated heterocycles. The van der Waals surface area contributed by atoms with Gasteiger partial charge in [-0.15, -0.1) is 0 Å². The van der Waals surface area contributed by atoms with Crippen molar-refractivity contribution in [1.82, 2.24) is 19.7 Å². The fourth-order valence-corrected chi connectivity index (χ4v) is 3.89. The van der Waals surface area contributed by atoms with Crippen molar-refractivity contribution in [2.45, 2.75) is 26.7 Å². The molecular weight excluding hydrogens is 406 g/mol. The zero-order valence-electron chi connectivity index (χ0n) is 15.4. The monoisotopic (exact) mass is 427 g/mol. The number of aromatic nitrogens is 4. The van der Waals surface area contributed by atoms with Crippen LogP contribution in [0.5, 0.6) is 0 Å². The number of halogens is 1. The molecule has 0 saturated carbocycles. The van der Waals surface area contributed by atoms with E-state index in [9.17, 15) is 4.79 Å². The number of aryl methyl sites for hydroxylation is 1. The molecule has 0 bridgehead atoms. The normalized spacial score (nSPS) is 15.3. The molecule has 1 aliphatic rings. The van der Waals surface area contributed by atoms with Crippen LogP contribution in [0.2, 0.25) is 0 Å². The SMILES string of the molecule is Cc1nc(N2CCC(C)CC2)ncc1-c1cc(=O)n(-c2ccccc2Br)[nH]1. The van der Waals surface area contributed by atoms with Crippen molar-refractivity contribution < 1.29 is 0 Å². The number of benzene rings is 1. The summed E-state index contributed by atoms with van der Waals surface area (Å²) in [5, 5.41) is 3.18. The van der Waals surface area contributed by atoms with Gasteiger partial charge < -0.3 is 4.90 Å². The van der Waals surface area contributed by atoms with Crippen molar-refractivity contribution in [2.75, 3.05) is 18.0 Å². The van der Waals surface area contributed by atoms with Gasteiger partial charge in [0.15, 0.2) is 0 Å². The quantitative estimate of drug-likeness (QED) is 0.687. The lowest BCUT2D eigenvalue weighted by atomic mass is 10.00. The Balaban J connectivity index is 1.66. The highest BCUT2D eigenvalue weighted by molar-refractivity contribution is 9.10. The second-order valence-electron chi connectivity index (χ2n) is 7.13. The Morgan fingerprint density at radius 3 is 2.67 bits per heavy atom. The van der Waals surface area contributed by atoms with Gasteiger partial charge in [-0.05, 0) is 53.7 Å². The summed E-state index contributed by atoms with van der Waals surface area (Å²) in [6, 6.07) is 9.20. The zero-order valence-corrected chi connectivity index (χ0v) is 17.0. The molecule has 140 valence electrons. The van der Waals surface area contributed by atoms with E-state index in [0.717, 1.165) is 46.4 Å². The van der Waals surface area contributed by atoms with Crippen LogP contribution >= 0.6 is 15.9 Å². The van der Waals surface area contributed by atoms with Crippen LogP contribution in [0.4, 0.5) is 5.95 Å². The van der Waals surface area contributed by atoms with Crippen LogP contribution < -0.4 is 10.5 Å². The second kappa shape index (κ2) is 7.31. The molecule has 0 atom stereocenters. The van der Waals surface area contributed by atoms with Crippen LogP contribution in [0.25, 0.3) is 16.9 Å². The molecule has 0 unspecified atom stereocenters. The van der Waals surface area contributed by atoms with Crippen LogP contribution in [-0.2, 0) is 0 Å². The third kappa shape index (κ3) is 3.56. The summed E-state index contributed by atoms with van der Waals surface area (Å²) in [6.45, 7) is 6.24. The molecule has 1 N–H and O–H groups in total. The Kier molecular flexibility index (Phi) is 4.86. The van der Waals surface area contributed by atoms with E-state index in [0.29, 0.717) is 5.69 Å². The van der Waals surface area contributed by atoms with E-state index < -0.39 is 0 Å². The molecule has 0 spiro atoms. The molecule has 1 aliphatic heterocycles. The molecule has 3 heterocycles. The van der Waals surface area contributed by atoms with Gasteiger partial charge in [0.1, 0.15) is 0 Å². The molecule has 2 aromatic heterocycles. The van der Waals surface area contributed by atoms with Gasteiger partial charge in [-0.1, -0.05) is 19.1 Å². The molecule has 6 nitrogen and oxygen atoms in total. The molecule has 0 radical (unpaired) electrons. The van der Waals surface area contributed by atoms with Crippen molar-refractivity contribution in [3.8, 4) is 16.9 Å². The summed E-state index contributed by atoms with van der Waals surface area (Å²) in [4.78, 5) is 24.0. The number of piperidine rings is 1. The van der Waals surface area contributed by atoms with Crippen LogP contribution in [-0.4, -0.2) is 32.8 Å². The van der Waals surface area contributed by atoms with Crippen molar-refractivity contribution in [2.24, 2.45) is 5.92 Å². The Morgan fingerprint density at radius 1 is 1.22 bits per heavy atom. The van der Waals surface area contributed by atoms with Gasteiger partial charge in [0.05, 0.1) is 17.1 Å². The lowest BCUT2D eigenvalue weighted by molar-refractivity contribution is 0.434. The first kappa shape index (κ1) is 18.0. The minimum absolute atomic E-state index is 0.120. The topological polar surface area (TPSA) is 66.8 Å². The molecule has 0 aliphatic carbocycles. The Morgan fingerprint density at radius 2 is 1.96 bits per heavy atom. The van der Waals surface area contributed by atoms with Gasteiger partial charge in [0, 0.05) is 35.4 Å². The van der Waals surface area contributed by atoms with Gasteiger partial charge in [-0.3, -0.25) is 9.89 Å². The molecule has 0 amide bonds. The fraction of sp³-hybridized carbons (Fsp3) is 0.350. The van der Waals surface area contributed by atoms with Gasteiger partial charge in [-0.2, -0.15) is 0 Å². The number of anilines is 1. The Hall–Kier alpha value is -2.41. The summed E-state index contributed by atoms with van der Waals surface area (Å²) in [6.07, 6.45) is 4.16. The van der Waals surface area contributed by atoms with Gasteiger partial charge >= 0.3 is 0 Å². The van der Waals surface area contributed by atoms with E-state index >= 15 is 0 Å². The molecule has 4 rings (SSSR count). The third-order valence-corrected chi connectivity index (χ3v) is 5.81. The fourth-order valence-electron chi connectivity index (χ4n) is 3.43. The zero-order chi connectivity index (χ0) is 19.0. The van der Waals surface area contributed by atoms with E-state index in [1.807, 2.05) is 37.4 Å². The average molecular weight is 428 g/mol. The van der Waals surface area contributed by atoms with E-state index in [4.69, 9.17) is 4.98 Å². The summed E-state index contributed by atoms with van der Waals surface area (Å²) >= 11 is 3.49. The smallest absolute Gasteiger partial charge is 0.271 e. The lowest BCUT2D eigenvalue weighted by Gasteiger charge is -2.30. The number of nitrogens with one attached hydrogen (secondary N) is 1. The summed E-state index contributed by atoms with van der Waals surface area (Å²) in [5.74, 6) is 1.54. The molecule has 1 aromatic carbocycles. The minimum atomic E-state index is -0.120. The Labute approximate surface area is 166 Å². The highest BCUT2D eigenvalue weighted by atomic mass is 79.9. The van der Waals surface area contributed by atoms with Crippen LogP contribution in [0.1, 0.15) is 25.5 Å². The van der Waals surface area contributed by atoms with Crippen molar-refractivity contribution in [3.05, 3.63) is 57.0 Å². The van der Waals surface area contributed by atoms with Crippen LogP contribution in [0.3, 0.4) is 0 Å². The van der Waals surface area contributed by atoms with Crippen LogP contribution in [0, 0.1) is 12.8 Å². The van der Waals surface area contributed by atoms with Crippen molar-refractivity contribution >= 4 is 21.9 Å². The Bertz CT molecular complexity index is 1020. The van der Waals surface area contributed by atoms with Crippen LogP contribution in [0.15, 0.2) is 45.8 Å². The van der Waals surface area contributed by atoms with Crippen molar-refractivity contribution in [3.63, 3.8) is 0 Å². The largest absolute Gasteiger partial charge is 0.341 e. The number of H-pyrrole nitrogens is 1. The maximum Gasteiger partial charge on any atom is 0.271 e. The average Bonchev–Trinajstić information content (AvgIpc) is 3.04. The molecule has 1 fully saturated rings. The first-order valence-corrected chi connectivity index (χ1v) is 9.98. The number of aromatic amines is 1.